The number of nitrogens with one attached hydrogen (secondary N) is 2. The van der Waals surface area contributed by atoms with E-state index in [0.717, 1.165) is 18.2 Å². The summed E-state index contributed by atoms with van der Waals surface area (Å²) in [6, 6.07) is 2.96. The molecule has 0 saturated carbocycles. The lowest BCUT2D eigenvalue weighted by Gasteiger charge is -2.12. The molecule has 0 atom stereocenters. The number of carbonyl (C=O) groups is 1. The highest BCUT2D eigenvalue weighted by atomic mass is 79.9. The second-order valence-corrected chi connectivity index (χ2v) is 5.47. The lowest BCUT2D eigenvalue weighted by molar-refractivity contribution is -0.173. The van der Waals surface area contributed by atoms with Gasteiger partial charge in [-0.3, -0.25) is 20.2 Å². The zero-order chi connectivity index (χ0) is 14.8. The van der Waals surface area contributed by atoms with Crippen LogP contribution in [-0.4, -0.2) is 25.1 Å². The maximum atomic E-state index is 11.9. The van der Waals surface area contributed by atoms with Crippen LogP contribution in [0.25, 0.3) is 0 Å². The molecule has 1 rings (SSSR count). The summed E-state index contributed by atoms with van der Waals surface area (Å²) < 4.78 is 66.0. The van der Waals surface area contributed by atoms with Gasteiger partial charge in [0.25, 0.3) is 10.1 Å². The molecule has 0 aliphatic heterocycles. The first kappa shape index (κ1) is 15.7. The van der Waals surface area contributed by atoms with Gasteiger partial charge in [-0.05, 0) is 34.1 Å². The molecule has 0 fully saturated rings. The van der Waals surface area contributed by atoms with E-state index in [-0.39, 0.29) is 10.2 Å². The minimum Gasteiger partial charge on any atom is -0.297 e. The Morgan fingerprint density at radius 1 is 1.32 bits per heavy atom. The molecule has 0 saturated heterocycles. The molecule has 1 amide bonds. The summed E-state index contributed by atoms with van der Waals surface area (Å²) >= 11 is 2.87. The molecular weight excluding hydrogens is 357 g/mol. The van der Waals surface area contributed by atoms with Crippen molar-refractivity contribution in [2.75, 3.05) is 5.43 Å². The zero-order valence-electron chi connectivity index (χ0n) is 8.82. The molecule has 19 heavy (non-hydrogen) atoms. The zero-order valence-corrected chi connectivity index (χ0v) is 11.2. The van der Waals surface area contributed by atoms with Crippen LogP contribution in [-0.2, 0) is 14.9 Å². The monoisotopic (exact) mass is 362 g/mol. The Morgan fingerprint density at radius 2 is 1.89 bits per heavy atom. The topological polar surface area (TPSA) is 95.5 Å². The van der Waals surface area contributed by atoms with Crippen molar-refractivity contribution in [1.82, 2.24) is 5.43 Å². The van der Waals surface area contributed by atoms with Gasteiger partial charge in [-0.1, -0.05) is 0 Å². The molecule has 106 valence electrons. The van der Waals surface area contributed by atoms with Gasteiger partial charge in [0, 0.05) is 4.47 Å². The van der Waals surface area contributed by atoms with Gasteiger partial charge in [0.05, 0.1) is 10.6 Å². The summed E-state index contributed by atoms with van der Waals surface area (Å²) in [5, 5.41) is 0. The summed E-state index contributed by atoms with van der Waals surface area (Å²) in [6.45, 7) is 0. The predicted molar refractivity (Wildman–Crippen MR) is 61.8 cm³/mol. The SMILES string of the molecule is O=C(NNc1ccc(S(=O)(=O)O)cc1Br)C(F)(F)F. The van der Waals surface area contributed by atoms with Gasteiger partial charge < -0.3 is 0 Å². The average Bonchev–Trinajstić information content (AvgIpc) is 2.24. The molecule has 1 aromatic rings. The van der Waals surface area contributed by atoms with E-state index in [1.165, 1.54) is 5.43 Å². The first-order valence-electron chi connectivity index (χ1n) is 4.42. The fraction of sp³-hybridized carbons (Fsp3) is 0.125. The van der Waals surface area contributed by atoms with Crippen LogP contribution in [0.3, 0.4) is 0 Å². The van der Waals surface area contributed by atoms with Crippen LogP contribution in [0.2, 0.25) is 0 Å². The van der Waals surface area contributed by atoms with Gasteiger partial charge in [-0.15, -0.1) is 0 Å². The number of alkyl halides is 3. The van der Waals surface area contributed by atoms with E-state index in [9.17, 15) is 26.4 Å². The van der Waals surface area contributed by atoms with Crippen molar-refractivity contribution in [3.05, 3.63) is 22.7 Å². The molecule has 0 spiro atoms. The van der Waals surface area contributed by atoms with Crippen LogP contribution in [0.4, 0.5) is 18.9 Å². The predicted octanol–water partition coefficient (Wildman–Crippen LogP) is 1.70. The third-order valence-corrected chi connectivity index (χ3v) is 3.31. The highest BCUT2D eigenvalue weighted by Crippen LogP contribution is 2.25. The number of halogens is 4. The Hall–Kier alpha value is -1.33. The molecule has 11 heteroatoms. The first-order chi connectivity index (χ1) is 8.51. The number of benzene rings is 1. The fourth-order valence-electron chi connectivity index (χ4n) is 0.953. The number of hydrogen-bond acceptors (Lipinski definition) is 4. The van der Waals surface area contributed by atoms with Crippen molar-refractivity contribution in [2.45, 2.75) is 11.1 Å². The van der Waals surface area contributed by atoms with Crippen molar-refractivity contribution >= 4 is 37.6 Å². The van der Waals surface area contributed by atoms with Gasteiger partial charge in [0.2, 0.25) is 0 Å². The maximum Gasteiger partial charge on any atom is 0.472 e. The molecule has 1 aromatic carbocycles. The molecule has 0 heterocycles. The summed E-state index contributed by atoms with van der Waals surface area (Å²) in [4.78, 5) is 10.1. The van der Waals surface area contributed by atoms with Gasteiger partial charge in [0.1, 0.15) is 0 Å². The Morgan fingerprint density at radius 3 is 2.32 bits per heavy atom. The van der Waals surface area contributed by atoms with E-state index >= 15 is 0 Å². The molecule has 0 unspecified atom stereocenters. The number of anilines is 1. The maximum absolute atomic E-state index is 11.9. The Labute approximate surface area is 113 Å². The quantitative estimate of drug-likeness (QED) is 0.561. The van der Waals surface area contributed by atoms with Gasteiger partial charge in [-0.2, -0.15) is 21.6 Å². The van der Waals surface area contributed by atoms with E-state index in [0.29, 0.717) is 0 Å². The minimum absolute atomic E-state index is 0.0231. The van der Waals surface area contributed by atoms with Crippen LogP contribution in [0.5, 0.6) is 0 Å². The van der Waals surface area contributed by atoms with Gasteiger partial charge in [-0.25, -0.2) is 0 Å². The molecule has 3 N–H and O–H groups in total. The number of amides is 1. The van der Waals surface area contributed by atoms with E-state index in [1.807, 2.05) is 5.43 Å². The minimum atomic E-state index is -5.05. The van der Waals surface area contributed by atoms with Crippen LogP contribution in [0.15, 0.2) is 27.6 Å². The number of hydrogen-bond donors (Lipinski definition) is 3. The van der Waals surface area contributed by atoms with Crippen molar-refractivity contribution in [3.63, 3.8) is 0 Å². The lowest BCUT2D eigenvalue weighted by Crippen LogP contribution is -2.40. The van der Waals surface area contributed by atoms with E-state index < -0.39 is 27.1 Å². The van der Waals surface area contributed by atoms with Crippen LogP contribution in [0, 0.1) is 0 Å². The molecular formula is C8H6BrF3N2O4S. The standard InChI is InChI=1S/C8H6BrF3N2O4S/c9-5-3-4(19(16,17)18)1-2-6(5)13-14-7(15)8(10,11)12/h1-3,13H,(H,14,15)(H,16,17,18). The third kappa shape index (κ3) is 4.36. The Kier molecular flexibility index (Phi) is 4.43. The van der Waals surface area contributed by atoms with Crippen molar-refractivity contribution in [3.8, 4) is 0 Å². The smallest absolute Gasteiger partial charge is 0.297 e. The second-order valence-electron chi connectivity index (χ2n) is 3.19. The van der Waals surface area contributed by atoms with Crippen molar-refractivity contribution in [1.29, 1.82) is 0 Å². The summed E-state index contributed by atoms with van der Waals surface area (Å²) in [5.41, 5.74) is 3.31. The number of hydrazine groups is 1. The van der Waals surface area contributed by atoms with Gasteiger partial charge in [0.15, 0.2) is 0 Å². The summed E-state index contributed by atoms with van der Waals surface area (Å²) in [6.07, 6.45) is -5.05. The molecule has 0 bridgehead atoms. The highest BCUT2D eigenvalue weighted by molar-refractivity contribution is 9.10. The first-order valence-corrected chi connectivity index (χ1v) is 6.65. The van der Waals surface area contributed by atoms with Crippen LogP contribution < -0.4 is 10.9 Å². The number of carbonyl (C=O) groups excluding carboxylic acids is 1. The Balaban J connectivity index is 2.85. The summed E-state index contributed by atoms with van der Waals surface area (Å²) in [7, 11) is -4.42. The second kappa shape index (κ2) is 5.35. The lowest BCUT2D eigenvalue weighted by atomic mass is 10.3. The largest absolute Gasteiger partial charge is 0.472 e. The van der Waals surface area contributed by atoms with E-state index in [4.69, 9.17) is 4.55 Å². The molecule has 0 aliphatic carbocycles. The van der Waals surface area contributed by atoms with E-state index in [1.54, 1.807) is 0 Å². The van der Waals surface area contributed by atoms with Gasteiger partial charge >= 0.3 is 12.1 Å². The fourth-order valence-corrected chi connectivity index (χ4v) is 2.09. The summed E-state index contributed by atoms with van der Waals surface area (Å²) in [5.74, 6) is -2.21. The molecule has 6 nitrogen and oxygen atoms in total. The van der Waals surface area contributed by atoms with Crippen LogP contribution >= 0.6 is 15.9 Å². The molecule has 0 radical (unpaired) electrons. The van der Waals surface area contributed by atoms with E-state index in [2.05, 4.69) is 15.9 Å². The normalized spacial score (nSPS) is 12.1. The highest BCUT2D eigenvalue weighted by Gasteiger charge is 2.38. The average molecular weight is 363 g/mol. The van der Waals surface area contributed by atoms with Crippen LogP contribution in [0.1, 0.15) is 0 Å². The molecule has 0 aromatic heterocycles. The Bertz CT molecular complexity index is 603. The van der Waals surface area contributed by atoms with Crippen molar-refractivity contribution in [2.24, 2.45) is 0 Å². The number of rotatable bonds is 3. The van der Waals surface area contributed by atoms with Crippen molar-refractivity contribution < 1.29 is 30.9 Å². The molecule has 0 aliphatic rings. The third-order valence-electron chi connectivity index (χ3n) is 1.81.